The number of hydrogen-bond donors (Lipinski definition) is 4. The van der Waals surface area contributed by atoms with Crippen LogP contribution in [-0.2, 0) is 0 Å². The number of amides is 1. The van der Waals surface area contributed by atoms with Crippen LogP contribution >= 0.6 is 23.8 Å². The van der Waals surface area contributed by atoms with Crippen molar-refractivity contribution >= 4 is 40.7 Å². The number of carbonyl (C=O) groups excluding carboxylic acids is 1. The Morgan fingerprint density at radius 2 is 2.00 bits per heavy atom. The minimum atomic E-state index is -4.54. The third-order valence-corrected chi connectivity index (χ3v) is 5.55. The van der Waals surface area contributed by atoms with Crippen LogP contribution in [0.15, 0.2) is 30.3 Å². The summed E-state index contributed by atoms with van der Waals surface area (Å²) in [6, 6.07) is 5.36. The second-order valence-corrected chi connectivity index (χ2v) is 8.74. The third-order valence-electron chi connectivity index (χ3n) is 5.05. The maximum Gasteiger partial charge on any atom is 0.410 e. The molecule has 2 atom stereocenters. The number of benzene rings is 1. The molecule has 0 unspecified atom stereocenters. The first-order valence-corrected chi connectivity index (χ1v) is 11.0. The highest BCUT2D eigenvalue weighted by Crippen LogP contribution is 2.43. The summed E-state index contributed by atoms with van der Waals surface area (Å²) in [4.78, 5) is 14.5. The number of halogens is 4. The van der Waals surface area contributed by atoms with Crippen molar-refractivity contribution < 1.29 is 18.0 Å². The van der Waals surface area contributed by atoms with Crippen LogP contribution in [0.1, 0.15) is 41.0 Å². The Morgan fingerprint density at radius 3 is 2.64 bits per heavy atom. The van der Waals surface area contributed by atoms with Crippen LogP contribution in [-0.4, -0.2) is 59.1 Å². The summed E-state index contributed by atoms with van der Waals surface area (Å²) in [5.74, 6) is -0.613. The Morgan fingerprint density at radius 1 is 1.30 bits per heavy atom. The second-order valence-electron chi connectivity index (χ2n) is 7.89. The van der Waals surface area contributed by atoms with Gasteiger partial charge in [-0.3, -0.25) is 15.6 Å². The molecule has 0 bridgehead atoms. The minimum absolute atomic E-state index is 0.0954. The van der Waals surface area contributed by atoms with Gasteiger partial charge < -0.3 is 15.5 Å². The zero-order chi connectivity index (χ0) is 24.2. The predicted molar refractivity (Wildman–Crippen MR) is 124 cm³/mol. The molecule has 1 aliphatic heterocycles. The molecule has 0 saturated carbocycles. The van der Waals surface area contributed by atoms with Crippen molar-refractivity contribution in [2.45, 2.75) is 31.1 Å². The predicted octanol–water partition coefficient (Wildman–Crippen LogP) is 3.26. The average molecular weight is 504 g/mol. The van der Waals surface area contributed by atoms with E-state index >= 15 is 0 Å². The summed E-state index contributed by atoms with van der Waals surface area (Å²) in [7, 11) is 3.91. The van der Waals surface area contributed by atoms with Crippen molar-refractivity contribution in [1.29, 1.82) is 0 Å². The molecule has 1 aromatic carbocycles. The van der Waals surface area contributed by atoms with Crippen LogP contribution in [0.25, 0.3) is 0 Å². The van der Waals surface area contributed by atoms with Crippen LogP contribution < -0.4 is 21.5 Å². The Labute approximate surface area is 199 Å². The van der Waals surface area contributed by atoms with E-state index in [1.807, 2.05) is 19.0 Å². The van der Waals surface area contributed by atoms with E-state index in [1.165, 1.54) is 6.07 Å². The largest absolute Gasteiger partial charge is 0.410 e. The van der Waals surface area contributed by atoms with E-state index in [1.54, 1.807) is 24.3 Å². The van der Waals surface area contributed by atoms with Gasteiger partial charge in [-0.1, -0.05) is 23.7 Å². The lowest BCUT2D eigenvalue weighted by Crippen LogP contribution is -2.47. The van der Waals surface area contributed by atoms with Crippen molar-refractivity contribution in [2.24, 2.45) is 0 Å². The van der Waals surface area contributed by atoms with E-state index in [0.717, 1.165) is 17.6 Å². The van der Waals surface area contributed by atoms with Gasteiger partial charge in [-0.2, -0.15) is 18.3 Å². The molecule has 0 saturated heterocycles. The number of fused-ring (bicyclic) bond motifs is 1. The Balaban J connectivity index is 1.67. The number of anilines is 1. The van der Waals surface area contributed by atoms with Crippen LogP contribution in [0.5, 0.6) is 0 Å². The maximum absolute atomic E-state index is 13.8. The fourth-order valence-corrected chi connectivity index (χ4v) is 3.70. The molecule has 2 heterocycles. The van der Waals surface area contributed by atoms with E-state index in [0.29, 0.717) is 17.1 Å². The normalized spacial score (nSPS) is 17.8. The van der Waals surface area contributed by atoms with Crippen molar-refractivity contribution in [3.8, 4) is 0 Å². The number of hydrogen-bond acceptors (Lipinski definition) is 5. The highest BCUT2D eigenvalue weighted by molar-refractivity contribution is 7.80. The summed E-state index contributed by atoms with van der Waals surface area (Å²) in [6.45, 7) is 1.47. The van der Waals surface area contributed by atoms with Crippen LogP contribution in [0, 0.1) is 0 Å². The van der Waals surface area contributed by atoms with Crippen molar-refractivity contribution in [1.82, 2.24) is 30.8 Å². The van der Waals surface area contributed by atoms with Gasteiger partial charge in [-0.15, -0.1) is 0 Å². The quantitative estimate of drug-likeness (QED) is 0.273. The van der Waals surface area contributed by atoms with Gasteiger partial charge in [0.2, 0.25) is 0 Å². The first kappa shape index (κ1) is 25.1. The first-order valence-electron chi connectivity index (χ1n) is 10.2. The Bertz CT molecular complexity index is 981. The highest BCUT2D eigenvalue weighted by Gasteiger charge is 2.46. The zero-order valence-corrected chi connectivity index (χ0v) is 19.6. The summed E-state index contributed by atoms with van der Waals surface area (Å²) in [5, 5.41) is 10.6. The van der Waals surface area contributed by atoms with Crippen LogP contribution in [0.4, 0.5) is 19.0 Å². The summed E-state index contributed by atoms with van der Waals surface area (Å²) in [5.41, 5.74) is 5.37. The molecule has 13 heteroatoms. The number of aromatic nitrogens is 2. The summed E-state index contributed by atoms with van der Waals surface area (Å²) in [6.07, 6.45) is -3.98. The van der Waals surface area contributed by atoms with Gasteiger partial charge in [0.1, 0.15) is 5.82 Å². The first-order chi connectivity index (χ1) is 15.5. The molecule has 8 nitrogen and oxygen atoms in total. The SMILES string of the molecule is CN(C)CCCNC(=S)NNC(=O)c1cc2n(n1)[C@H](C(F)(F)F)C[C@H](c1ccc(Cl)cc1)N2. The van der Waals surface area contributed by atoms with Gasteiger partial charge in [-0.05, 0) is 57.0 Å². The molecular weight excluding hydrogens is 479 g/mol. The molecule has 2 aromatic rings. The molecule has 0 spiro atoms. The third kappa shape index (κ3) is 6.71. The maximum atomic E-state index is 13.8. The fraction of sp³-hybridized carbons (Fsp3) is 0.450. The second kappa shape index (κ2) is 10.6. The van der Waals surface area contributed by atoms with Gasteiger partial charge in [0.15, 0.2) is 16.8 Å². The molecule has 1 aliphatic rings. The number of alkyl halides is 3. The number of thiocarbonyl (C=S) groups is 1. The monoisotopic (exact) mass is 503 g/mol. The number of rotatable bonds is 6. The lowest BCUT2D eigenvalue weighted by molar-refractivity contribution is -0.173. The molecule has 3 rings (SSSR count). The molecular formula is C20H25ClF3N7OS. The van der Waals surface area contributed by atoms with E-state index < -0.39 is 24.2 Å². The smallest absolute Gasteiger partial charge is 0.363 e. The Kier molecular flexibility index (Phi) is 8.03. The lowest BCUT2D eigenvalue weighted by atomic mass is 9.97. The van der Waals surface area contributed by atoms with Crippen molar-refractivity contribution in [2.75, 3.05) is 32.5 Å². The Hall–Kier alpha value is -2.57. The van der Waals surface area contributed by atoms with E-state index in [2.05, 4.69) is 26.6 Å². The molecule has 1 amide bonds. The highest BCUT2D eigenvalue weighted by atomic mass is 35.5. The van der Waals surface area contributed by atoms with Gasteiger partial charge in [0.25, 0.3) is 5.91 Å². The van der Waals surface area contributed by atoms with Gasteiger partial charge >= 0.3 is 6.18 Å². The van der Waals surface area contributed by atoms with Crippen molar-refractivity contribution in [3.05, 3.63) is 46.6 Å². The minimum Gasteiger partial charge on any atom is -0.363 e. The summed E-state index contributed by atoms with van der Waals surface area (Å²) < 4.78 is 42.2. The molecule has 1 aromatic heterocycles. The van der Waals surface area contributed by atoms with E-state index in [-0.39, 0.29) is 23.0 Å². The van der Waals surface area contributed by atoms with Crippen LogP contribution in [0.3, 0.4) is 0 Å². The number of nitrogens with one attached hydrogen (secondary N) is 4. The molecule has 0 aliphatic carbocycles. The molecule has 33 heavy (non-hydrogen) atoms. The van der Waals surface area contributed by atoms with Gasteiger partial charge in [0, 0.05) is 24.1 Å². The number of nitrogens with zero attached hydrogens (tertiary/aromatic N) is 3. The van der Waals surface area contributed by atoms with Gasteiger partial charge in [0.05, 0.1) is 6.04 Å². The number of hydrazine groups is 1. The lowest BCUT2D eigenvalue weighted by Gasteiger charge is -2.33. The van der Waals surface area contributed by atoms with Crippen LogP contribution in [0.2, 0.25) is 5.02 Å². The molecule has 4 N–H and O–H groups in total. The average Bonchev–Trinajstić information content (AvgIpc) is 3.18. The topological polar surface area (TPSA) is 86.2 Å². The van der Waals surface area contributed by atoms with E-state index in [4.69, 9.17) is 23.8 Å². The van der Waals surface area contributed by atoms with Gasteiger partial charge in [-0.25, -0.2) is 4.68 Å². The fourth-order valence-electron chi connectivity index (χ4n) is 3.42. The molecule has 0 radical (unpaired) electrons. The standard InChI is InChI=1S/C20H25ClF3N7OS/c1-30(2)9-3-8-25-19(33)28-27-18(32)15-11-17-26-14(12-4-6-13(21)7-5-12)10-16(20(22,23)24)31(17)29-15/h4-7,11,14,16,26H,3,8-10H2,1-2H3,(H,27,32)(H2,25,28,33)/t14-,16+/m1/s1. The van der Waals surface area contributed by atoms with E-state index in [9.17, 15) is 18.0 Å². The summed E-state index contributed by atoms with van der Waals surface area (Å²) >= 11 is 11.0. The molecule has 180 valence electrons. The number of carbonyl (C=O) groups is 1. The molecule has 0 fully saturated rings. The zero-order valence-electron chi connectivity index (χ0n) is 18.0. The van der Waals surface area contributed by atoms with Crippen molar-refractivity contribution in [3.63, 3.8) is 0 Å².